The van der Waals surface area contributed by atoms with E-state index in [-0.39, 0.29) is 0 Å². The van der Waals surface area contributed by atoms with E-state index < -0.39 is 0 Å². The molecule has 0 amide bonds. The Morgan fingerprint density at radius 1 is 1.19 bits per heavy atom. The van der Waals surface area contributed by atoms with Gasteiger partial charge in [0.25, 0.3) is 0 Å². The molecule has 0 aliphatic carbocycles. The molecular formula is C17H21N3S. The molecule has 4 heteroatoms. The van der Waals surface area contributed by atoms with E-state index in [1.165, 1.54) is 21.8 Å². The first-order valence-corrected chi connectivity index (χ1v) is 8.61. The number of fused-ring (bicyclic) bond motifs is 1. The summed E-state index contributed by atoms with van der Waals surface area (Å²) in [7, 11) is 0. The van der Waals surface area contributed by atoms with Gasteiger partial charge in [-0.05, 0) is 18.6 Å². The van der Waals surface area contributed by atoms with Crippen LogP contribution in [-0.2, 0) is 25.1 Å². The highest BCUT2D eigenvalue weighted by Gasteiger charge is 2.16. The summed E-state index contributed by atoms with van der Waals surface area (Å²) in [5.41, 5.74) is 3.85. The zero-order valence-corrected chi connectivity index (χ0v) is 13.2. The SMILES string of the molecule is CCCc1nc(CSc2ccccc2)nc2c1CNCC2. The second-order valence-corrected chi connectivity index (χ2v) is 6.34. The quantitative estimate of drug-likeness (QED) is 0.859. The lowest BCUT2D eigenvalue weighted by atomic mass is 10.0. The molecular weight excluding hydrogens is 278 g/mol. The fourth-order valence-electron chi connectivity index (χ4n) is 2.64. The molecule has 110 valence electrons. The number of thioether (sulfide) groups is 1. The van der Waals surface area contributed by atoms with E-state index in [9.17, 15) is 0 Å². The highest BCUT2D eigenvalue weighted by molar-refractivity contribution is 7.98. The van der Waals surface area contributed by atoms with Crippen molar-refractivity contribution in [1.29, 1.82) is 0 Å². The maximum absolute atomic E-state index is 4.82. The summed E-state index contributed by atoms with van der Waals surface area (Å²) in [5.74, 6) is 1.83. The minimum atomic E-state index is 0.849. The zero-order valence-electron chi connectivity index (χ0n) is 12.4. The first-order chi connectivity index (χ1) is 10.4. The molecule has 0 fully saturated rings. The van der Waals surface area contributed by atoms with Crippen LogP contribution in [0.4, 0.5) is 0 Å². The van der Waals surface area contributed by atoms with E-state index >= 15 is 0 Å². The lowest BCUT2D eigenvalue weighted by Crippen LogP contribution is -2.27. The number of benzene rings is 1. The average molecular weight is 299 g/mol. The van der Waals surface area contributed by atoms with Crippen molar-refractivity contribution >= 4 is 11.8 Å². The smallest absolute Gasteiger partial charge is 0.139 e. The Morgan fingerprint density at radius 3 is 2.86 bits per heavy atom. The third kappa shape index (κ3) is 3.63. The van der Waals surface area contributed by atoms with Crippen LogP contribution < -0.4 is 5.32 Å². The van der Waals surface area contributed by atoms with Gasteiger partial charge >= 0.3 is 0 Å². The molecule has 1 aromatic heterocycles. The Labute approximate surface area is 130 Å². The molecule has 1 aliphatic heterocycles. The highest BCUT2D eigenvalue weighted by Crippen LogP contribution is 2.23. The molecule has 1 N–H and O–H groups in total. The van der Waals surface area contributed by atoms with Crippen LogP contribution in [0.2, 0.25) is 0 Å². The zero-order chi connectivity index (χ0) is 14.5. The maximum Gasteiger partial charge on any atom is 0.139 e. The fraction of sp³-hybridized carbons (Fsp3) is 0.412. The molecule has 3 rings (SSSR count). The molecule has 1 aliphatic rings. The minimum absolute atomic E-state index is 0.849. The summed E-state index contributed by atoms with van der Waals surface area (Å²) in [6.45, 7) is 4.17. The monoisotopic (exact) mass is 299 g/mol. The molecule has 3 nitrogen and oxygen atoms in total. The molecule has 0 radical (unpaired) electrons. The molecule has 0 saturated carbocycles. The van der Waals surface area contributed by atoms with Crippen LogP contribution in [-0.4, -0.2) is 16.5 Å². The van der Waals surface area contributed by atoms with Crippen molar-refractivity contribution in [3.05, 3.63) is 53.1 Å². The second-order valence-electron chi connectivity index (χ2n) is 5.29. The van der Waals surface area contributed by atoms with Gasteiger partial charge in [0.15, 0.2) is 0 Å². The average Bonchev–Trinajstić information content (AvgIpc) is 2.54. The number of aromatic nitrogens is 2. The van der Waals surface area contributed by atoms with E-state index in [1.54, 1.807) is 0 Å². The Kier molecular flexibility index (Phi) is 4.88. The Hall–Kier alpha value is -1.39. The van der Waals surface area contributed by atoms with E-state index in [4.69, 9.17) is 9.97 Å². The summed E-state index contributed by atoms with van der Waals surface area (Å²) in [4.78, 5) is 10.9. The molecule has 0 saturated heterocycles. The van der Waals surface area contributed by atoms with Gasteiger partial charge in [-0.25, -0.2) is 9.97 Å². The molecule has 0 spiro atoms. The Balaban J connectivity index is 1.80. The van der Waals surface area contributed by atoms with Crippen molar-refractivity contribution in [3.8, 4) is 0 Å². The van der Waals surface area contributed by atoms with Crippen LogP contribution in [0, 0.1) is 0 Å². The van der Waals surface area contributed by atoms with Crippen molar-refractivity contribution in [3.63, 3.8) is 0 Å². The van der Waals surface area contributed by atoms with Gasteiger partial charge in [-0.2, -0.15) is 0 Å². The molecule has 21 heavy (non-hydrogen) atoms. The van der Waals surface area contributed by atoms with Crippen LogP contribution in [0.5, 0.6) is 0 Å². The van der Waals surface area contributed by atoms with Crippen LogP contribution in [0.15, 0.2) is 35.2 Å². The largest absolute Gasteiger partial charge is 0.312 e. The van der Waals surface area contributed by atoms with Gasteiger partial charge in [0.1, 0.15) is 5.82 Å². The normalized spacial score (nSPS) is 14.0. The molecule has 1 aromatic carbocycles. The van der Waals surface area contributed by atoms with Crippen LogP contribution >= 0.6 is 11.8 Å². The predicted octanol–water partition coefficient (Wildman–Crippen LogP) is 3.37. The lowest BCUT2D eigenvalue weighted by Gasteiger charge is -2.20. The standard InChI is InChI=1S/C17H21N3S/c1-2-6-15-14-11-18-10-9-16(14)20-17(19-15)12-21-13-7-4-3-5-8-13/h3-5,7-8,18H,2,6,9-12H2,1H3. The summed E-state index contributed by atoms with van der Waals surface area (Å²) in [6, 6.07) is 10.5. The van der Waals surface area contributed by atoms with Gasteiger partial charge < -0.3 is 5.32 Å². The Morgan fingerprint density at radius 2 is 2.05 bits per heavy atom. The fourth-order valence-corrected chi connectivity index (χ4v) is 3.42. The minimum Gasteiger partial charge on any atom is -0.312 e. The van der Waals surface area contributed by atoms with Gasteiger partial charge in [-0.15, -0.1) is 11.8 Å². The third-order valence-corrected chi connectivity index (χ3v) is 4.67. The molecule has 0 unspecified atom stereocenters. The van der Waals surface area contributed by atoms with Crippen molar-refractivity contribution in [2.24, 2.45) is 0 Å². The highest BCUT2D eigenvalue weighted by atomic mass is 32.2. The van der Waals surface area contributed by atoms with Gasteiger partial charge in [-0.1, -0.05) is 31.5 Å². The van der Waals surface area contributed by atoms with Gasteiger partial charge in [-0.3, -0.25) is 0 Å². The summed E-state index contributed by atoms with van der Waals surface area (Å²) in [5, 5.41) is 3.43. The van der Waals surface area contributed by atoms with Gasteiger partial charge in [0, 0.05) is 35.7 Å². The van der Waals surface area contributed by atoms with Crippen LogP contribution in [0.1, 0.15) is 36.1 Å². The summed E-state index contributed by atoms with van der Waals surface area (Å²) in [6.07, 6.45) is 3.21. The number of aryl methyl sites for hydroxylation is 1. The number of rotatable bonds is 5. The lowest BCUT2D eigenvalue weighted by molar-refractivity contribution is 0.610. The number of nitrogens with zero attached hydrogens (tertiary/aromatic N) is 2. The number of nitrogens with one attached hydrogen (secondary N) is 1. The number of hydrogen-bond donors (Lipinski definition) is 1. The summed E-state index contributed by atoms with van der Waals surface area (Å²) < 4.78 is 0. The van der Waals surface area contributed by atoms with E-state index in [0.29, 0.717) is 0 Å². The van der Waals surface area contributed by atoms with E-state index in [0.717, 1.165) is 43.9 Å². The van der Waals surface area contributed by atoms with Crippen molar-refractivity contribution < 1.29 is 0 Å². The van der Waals surface area contributed by atoms with Crippen molar-refractivity contribution in [2.45, 2.75) is 43.4 Å². The first-order valence-electron chi connectivity index (χ1n) is 7.63. The maximum atomic E-state index is 4.82. The van der Waals surface area contributed by atoms with E-state index in [1.807, 2.05) is 17.8 Å². The van der Waals surface area contributed by atoms with Crippen LogP contribution in [0.3, 0.4) is 0 Å². The Bertz CT molecular complexity index is 598. The first kappa shape index (κ1) is 14.5. The van der Waals surface area contributed by atoms with E-state index in [2.05, 4.69) is 36.5 Å². The van der Waals surface area contributed by atoms with Crippen LogP contribution in [0.25, 0.3) is 0 Å². The molecule has 2 heterocycles. The number of hydrogen-bond acceptors (Lipinski definition) is 4. The summed E-state index contributed by atoms with van der Waals surface area (Å²) >= 11 is 1.81. The van der Waals surface area contributed by atoms with Crippen molar-refractivity contribution in [2.75, 3.05) is 6.54 Å². The topological polar surface area (TPSA) is 37.8 Å². The molecule has 0 bridgehead atoms. The van der Waals surface area contributed by atoms with Gasteiger partial charge in [0.05, 0.1) is 11.4 Å². The van der Waals surface area contributed by atoms with Gasteiger partial charge in [0.2, 0.25) is 0 Å². The second kappa shape index (κ2) is 7.05. The molecule has 2 aromatic rings. The third-order valence-electron chi connectivity index (χ3n) is 3.66. The molecule has 0 atom stereocenters. The van der Waals surface area contributed by atoms with Crippen molar-refractivity contribution in [1.82, 2.24) is 15.3 Å². The predicted molar refractivity (Wildman–Crippen MR) is 87.4 cm³/mol.